The van der Waals surface area contributed by atoms with Gasteiger partial charge in [0, 0.05) is 18.9 Å². The fourth-order valence-electron chi connectivity index (χ4n) is 4.91. The SMILES string of the molecule is CCCCCCCCC(C)C(CCCCCCCC(=O)C(CCC)CCC)OCCOCC. The van der Waals surface area contributed by atoms with Crippen molar-refractivity contribution in [2.45, 2.75) is 156 Å². The highest BCUT2D eigenvalue weighted by atomic mass is 16.5. The van der Waals surface area contributed by atoms with Crippen molar-refractivity contribution in [2.75, 3.05) is 19.8 Å². The third kappa shape index (κ3) is 19.6. The molecule has 0 aliphatic heterocycles. The lowest BCUT2D eigenvalue weighted by molar-refractivity contribution is -0.123. The molecule has 0 saturated heterocycles. The van der Waals surface area contributed by atoms with E-state index in [0.29, 0.717) is 30.3 Å². The molecule has 0 aliphatic rings. The predicted molar refractivity (Wildman–Crippen MR) is 144 cm³/mol. The van der Waals surface area contributed by atoms with Gasteiger partial charge in [-0.15, -0.1) is 0 Å². The minimum atomic E-state index is 0.322. The molecular weight excluding hydrogens is 408 g/mol. The fourth-order valence-corrected chi connectivity index (χ4v) is 4.91. The molecule has 3 heteroatoms. The maximum atomic E-state index is 12.5. The van der Waals surface area contributed by atoms with E-state index in [2.05, 4.69) is 27.7 Å². The molecule has 0 aromatic rings. The summed E-state index contributed by atoms with van der Waals surface area (Å²) in [4.78, 5) is 12.5. The first kappa shape index (κ1) is 32.6. The number of carbonyl (C=O) groups is 1. The molecule has 2 unspecified atom stereocenters. The Morgan fingerprint density at radius 2 is 1.21 bits per heavy atom. The Morgan fingerprint density at radius 1 is 0.636 bits per heavy atom. The van der Waals surface area contributed by atoms with Gasteiger partial charge in [0.05, 0.1) is 19.3 Å². The molecule has 0 spiro atoms. The van der Waals surface area contributed by atoms with Gasteiger partial charge in [-0.3, -0.25) is 4.79 Å². The van der Waals surface area contributed by atoms with Gasteiger partial charge in [0.25, 0.3) is 0 Å². The van der Waals surface area contributed by atoms with Crippen molar-refractivity contribution in [3.05, 3.63) is 0 Å². The summed E-state index contributed by atoms with van der Waals surface area (Å²) in [7, 11) is 0. The van der Waals surface area contributed by atoms with Gasteiger partial charge in [0.2, 0.25) is 0 Å². The van der Waals surface area contributed by atoms with Gasteiger partial charge in [-0.05, 0) is 44.9 Å². The smallest absolute Gasteiger partial charge is 0.135 e. The quantitative estimate of drug-likeness (QED) is 0.119. The molecule has 3 nitrogen and oxygen atoms in total. The van der Waals surface area contributed by atoms with E-state index in [1.54, 1.807) is 0 Å². The second-order valence-electron chi connectivity index (χ2n) is 10.2. The standard InChI is InChI=1S/C30H60O3/c1-6-10-11-12-14-17-22-27(5)30(33-26-25-32-9-4)24-19-16-13-15-18-23-29(31)28(20-7-2)21-8-3/h27-28,30H,6-26H2,1-5H3. The molecule has 0 N–H and O–H groups in total. The zero-order chi connectivity index (χ0) is 24.6. The Balaban J connectivity index is 4.11. The summed E-state index contributed by atoms with van der Waals surface area (Å²) in [5.74, 6) is 1.47. The summed E-state index contributed by atoms with van der Waals surface area (Å²) in [6.07, 6.45) is 22.2. The van der Waals surface area contributed by atoms with Crippen molar-refractivity contribution in [2.24, 2.45) is 11.8 Å². The van der Waals surface area contributed by atoms with Crippen LogP contribution >= 0.6 is 0 Å². The molecule has 2 atom stereocenters. The van der Waals surface area contributed by atoms with Crippen molar-refractivity contribution < 1.29 is 14.3 Å². The van der Waals surface area contributed by atoms with E-state index in [1.165, 1.54) is 70.6 Å². The summed E-state index contributed by atoms with van der Waals surface area (Å²) < 4.78 is 11.7. The largest absolute Gasteiger partial charge is 0.379 e. The Kier molecular flexibility index (Phi) is 24.4. The van der Waals surface area contributed by atoms with Crippen LogP contribution in [-0.4, -0.2) is 31.7 Å². The van der Waals surface area contributed by atoms with Gasteiger partial charge in [0.15, 0.2) is 0 Å². The molecule has 0 aromatic carbocycles. The molecule has 0 aliphatic carbocycles. The van der Waals surface area contributed by atoms with Crippen LogP contribution in [0.25, 0.3) is 0 Å². The number of unbranched alkanes of at least 4 members (excludes halogenated alkanes) is 9. The highest BCUT2D eigenvalue weighted by Crippen LogP contribution is 2.23. The van der Waals surface area contributed by atoms with Crippen LogP contribution in [0.15, 0.2) is 0 Å². The highest BCUT2D eigenvalue weighted by Gasteiger charge is 2.18. The minimum Gasteiger partial charge on any atom is -0.379 e. The Bertz CT molecular complexity index is 403. The Labute approximate surface area is 208 Å². The van der Waals surface area contributed by atoms with E-state index in [9.17, 15) is 4.79 Å². The lowest BCUT2D eigenvalue weighted by Crippen LogP contribution is -2.24. The Morgan fingerprint density at radius 3 is 1.82 bits per heavy atom. The maximum absolute atomic E-state index is 12.5. The lowest BCUT2D eigenvalue weighted by atomic mass is 9.90. The zero-order valence-corrected chi connectivity index (χ0v) is 23.3. The maximum Gasteiger partial charge on any atom is 0.135 e. The van der Waals surface area contributed by atoms with Crippen molar-refractivity contribution >= 4 is 5.78 Å². The molecule has 0 aromatic heterocycles. The van der Waals surface area contributed by atoms with Crippen LogP contribution in [0.3, 0.4) is 0 Å². The van der Waals surface area contributed by atoms with Crippen LogP contribution < -0.4 is 0 Å². The van der Waals surface area contributed by atoms with Gasteiger partial charge in [-0.1, -0.05) is 105 Å². The third-order valence-corrected chi connectivity index (χ3v) is 7.05. The second-order valence-corrected chi connectivity index (χ2v) is 10.2. The van der Waals surface area contributed by atoms with E-state index >= 15 is 0 Å². The number of Topliss-reactive ketones (excluding diaryl/α,β-unsaturated/α-hetero) is 1. The van der Waals surface area contributed by atoms with Crippen molar-refractivity contribution in [3.8, 4) is 0 Å². The molecule has 0 heterocycles. The zero-order valence-electron chi connectivity index (χ0n) is 23.3. The Hall–Kier alpha value is -0.410. The van der Waals surface area contributed by atoms with Crippen LogP contribution in [0.4, 0.5) is 0 Å². The summed E-state index contributed by atoms with van der Waals surface area (Å²) >= 11 is 0. The third-order valence-electron chi connectivity index (χ3n) is 7.05. The topological polar surface area (TPSA) is 35.5 Å². The molecule has 0 saturated carbocycles. The fraction of sp³-hybridized carbons (Fsp3) is 0.967. The van der Waals surface area contributed by atoms with Gasteiger partial charge < -0.3 is 9.47 Å². The molecule has 0 bridgehead atoms. The number of ether oxygens (including phenoxy) is 2. The van der Waals surface area contributed by atoms with E-state index in [1.807, 2.05) is 6.92 Å². The van der Waals surface area contributed by atoms with Crippen molar-refractivity contribution in [3.63, 3.8) is 0 Å². The first-order valence-corrected chi connectivity index (χ1v) is 14.8. The first-order valence-electron chi connectivity index (χ1n) is 14.8. The molecule has 0 amide bonds. The lowest BCUT2D eigenvalue weighted by Gasteiger charge is -2.25. The van der Waals surface area contributed by atoms with Gasteiger partial charge in [-0.2, -0.15) is 0 Å². The monoisotopic (exact) mass is 468 g/mol. The predicted octanol–water partition coefficient (Wildman–Crippen LogP) is 9.31. The number of hydrogen-bond acceptors (Lipinski definition) is 3. The van der Waals surface area contributed by atoms with E-state index in [0.717, 1.165) is 58.2 Å². The number of hydrogen-bond donors (Lipinski definition) is 0. The summed E-state index contributed by atoms with van der Waals surface area (Å²) in [6.45, 7) is 13.3. The summed E-state index contributed by atoms with van der Waals surface area (Å²) in [6, 6.07) is 0. The van der Waals surface area contributed by atoms with E-state index in [-0.39, 0.29) is 0 Å². The average Bonchev–Trinajstić information content (AvgIpc) is 2.81. The van der Waals surface area contributed by atoms with E-state index < -0.39 is 0 Å². The average molecular weight is 469 g/mol. The van der Waals surface area contributed by atoms with Crippen LogP contribution in [-0.2, 0) is 14.3 Å². The van der Waals surface area contributed by atoms with Gasteiger partial charge >= 0.3 is 0 Å². The molecule has 0 fully saturated rings. The van der Waals surface area contributed by atoms with Gasteiger partial charge in [-0.25, -0.2) is 0 Å². The summed E-state index contributed by atoms with van der Waals surface area (Å²) in [5, 5.41) is 0. The minimum absolute atomic E-state index is 0.322. The molecule has 33 heavy (non-hydrogen) atoms. The number of rotatable bonds is 26. The second kappa shape index (κ2) is 24.7. The van der Waals surface area contributed by atoms with Gasteiger partial charge in [0.1, 0.15) is 5.78 Å². The molecular formula is C30H60O3. The van der Waals surface area contributed by atoms with E-state index in [4.69, 9.17) is 9.47 Å². The highest BCUT2D eigenvalue weighted by molar-refractivity contribution is 5.80. The number of ketones is 1. The van der Waals surface area contributed by atoms with Crippen LogP contribution in [0.5, 0.6) is 0 Å². The molecule has 0 radical (unpaired) electrons. The van der Waals surface area contributed by atoms with Crippen LogP contribution in [0.1, 0.15) is 150 Å². The van der Waals surface area contributed by atoms with Crippen LogP contribution in [0.2, 0.25) is 0 Å². The summed E-state index contributed by atoms with van der Waals surface area (Å²) in [5.41, 5.74) is 0. The van der Waals surface area contributed by atoms with Crippen molar-refractivity contribution in [1.82, 2.24) is 0 Å². The first-order chi connectivity index (χ1) is 16.1. The normalized spacial score (nSPS) is 13.5. The molecule has 198 valence electrons. The van der Waals surface area contributed by atoms with Crippen molar-refractivity contribution in [1.29, 1.82) is 0 Å². The van der Waals surface area contributed by atoms with Crippen LogP contribution in [0, 0.1) is 11.8 Å². The molecule has 0 rings (SSSR count). The number of carbonyl (C=O) groups excluding carboxylic acids is 1.